The SMILES string of the molecule is CCOC(=O)C(c1ccc(N)cc1)N1CC(c2ccc(OC)c(OC3CCCC3)c2)CC1=O. The largest absolute Gasteiger partial charge is 0.493 e. The molecule has 176 valence electrons. The average Bonchev–Trinajstić information content (AvgIpc) is 3.45. The Morgan fingerprint density at radius 1 is 1.12 bits per heavy atom. The quantitative estimate of drug-likeness (QED) is 0.476. The number of ether oxygens (including phenoxy) is 3. The Morgan fingerprint density at radius 3 is 2.52 bits per heavy atom. The summed E-state index contributed by atoms with van der Waals surface area (Å²) >= 11 is 0. The topological polar surface area (TPSA) is 91.1 Å². The lowest BCUT2D eigenvalue weighted by Crippen LogP contribution is -2.36. The number of esters is 1. The molecule has 2 unspecified atom stereocenters. The predicted molar refractivity (Wildman–Crippen MR) is 125 cm³/mol. The summed E-state index contributed by atoms with van der Waals surface area (Å²) in [6.07, 6.45) is 4.98. The summed E-state index contributed by atoms with van der Waals surface area (Å²) in [4.78, 5) is 27.5. The van der Waals surface area contributed by atoms with Gasteiger partial charge in [0.05, 0.1) is 19.8 Å². The van der Waals surface area contributed by atoms with E-state index in [0.717, 1.165) is 18.4 Å². The number of nitrogens with two attached hydrogens (primary N) is 1. The third-order valence-electron chi connectivity index (χ3n) is 6.49. The number of benzene rings is 2. The number of carbonyl (C=O) groups excluding carboxylic acids is 2. The van der Waals surface area contributed by atoms with Crippen molar-refractivity contribution >= 4 is 17.6 Å². The first kappa shape index (κ1) is 23.0. The number of rotatable bonds is 8. The smallest absolute Gasteiger partial charge is 0.333 e. The summed E-state index contributed by atoms with van der Waals surface area (Å²) < 4.78 is 17.1. The first-order valence-electron chi connectivity index (χ1n) is 11.7. The Morgan fingerprint density at radius 2 is 1.85 bits per heavy atom. The minimum atomic E-state index is -0.796. The maximum absolute atomic E-state index is 13.1. The van der Waals surface area contributed by atoms with Gasteiger partial charge in [0.25, 0.3) is 0 Å². The van der Waals surface area contributed by atoms with Crippen LogP contribution in [0.25, 0.3) is 0 Å². The van der Waals surface area contributed by atoms with Crippen molar-refractivity contribution in [2.45, 2.75) is 57.1 Å². The van der Waals surface area contributed by atoms with Crippen molar-refractivity contribution in [2.75, 3.05) is 26.0 Å². The molecule has 2 fully saturated rings. The third kappa shape index (κ3) is 5.07. The fourth-order valence-electron chi connectivity index (χ4n) is 4.77. The van der Waals surface area contributed by atoms with Crippen molar-refractivity contribution in [1.82, 2.24) is 4.90 Å². The number of likely N-dealkylation sites (tertiary alicyclic amines) is 1. The maximum atomic E-state index is 13.1. The summed E-state index contributed by atoms with van der Waals surface area (Å²) in [6.45, 7) is 2.42. The Labute approximate surface area is 194 Å². The van der Waals surface area contributed by atoms with Gasteiger partial charge < -0.3 is 24.8 Å². The molecule has 0 aromatic heterocycles. The lowest BCUT2D eigenvalue weighted by molar-refractivity contribution is -0.153. The molecule has 1 amide bonds. The van der Waals surface area contributed by atoms with Gasteiger partial charge in [-0.25, -0.2) is 4.79 Å². The molecule has 2 N–H and O–H groups in total. The summed E-state index contributed by atoms with van der Waals surface area (Å²) in [5.41, 5.74) is 8.11. The van der Waals surface area contributed by atoms with Crippen LogP contribution in [-0.2, 0) is 14.3 Å². The zero-order chi connectivity index (χ0) is 23.4. The van der Waals surface area contributed by atoms with Gasteiger partial charge in [-0.05, 0) is 68.0 Å². The van der Waals surface area contributed by atoms with E-state index in [0.29, 0.717) is 35.7 Å². The molecule has 1 saturated carbocycles. The molecule has 33 heavy (non-hydrogen) atoms. The number of nitrogens with zero attached hydrogens (tertiary/aromatic N) is 1. The van der Waals surface area contributed by atoms with Crippen LogP contribution in [0.1, 0.15) is 62.1 Å². The van der Waals surface area contributed by atoms with Crippen molar-refractivity contribution in [3.05, 3.63) is 53.6 Å². The Bertz CT molecular complexity index is 985. The zero-order valence-corrected chi connectivity index (χ0v) is 19.3. The van der Waals surface area contributed by atoms with E-state index < -0.39 is 12.0 Å². The molecule has 2 atom stereocenters. The average molecular weight is 453 g/mol. The van der Waals surface area contributed by atoms with Crippen LogP contribution in [0.5, 0.6) is 11.5 Å². The van der Waals surface area contributed by atoms with Crippen LogP contribution in [0, 0.1) is 0 Å². The third-order valence-corrected chi connectivity index (χ3v) is 6.49. The van der Waals surface area contributed by atoms with E-state index in [-0.39, 0.29) is 24.5 Å². The van der Waals surface area contributed by atoms with Gasteiger partial charge in [0.2, 0.25) is 5.91 Å². The molecule has 1 saturated heterocycles. The molecule has 1 heterocycles. The van der Waals surface area contributed by atoms with Crippen molar-refractivity contribution in [2.24, 2.45) is 0 Å². The molecule has 2 aliphatic rings. The van der Waals surface area contributed by atoms with Crippen LogP contribution in [-0.4, -0.2) is 43.1 Å². The summed E-state index contributed by atoms with van der Waals surface area (Å²) in [6, 6.07) is 12.1. The fourth-order valence-corrected chi connectivity index (χ4v) is 4.77. The van der Waals surface area contributed by atoms with Gasteiger partial charge in [0, 0.05) is 24.6 Å². The van der Waals surface area contributed by atoms with Crippen LogP contribution in [0.15, 0.2) is 42.5 Å². The molecular weight excluding hydrogens is 420 g/mol. The highest BCUT2D eigenvalue weighted by Crippen LogP contribution is 2.39. The van der Waals surface area contributed by atoms with E-state index in [1.54, 1.807) is 43.2 Å². The van der Waals surface area contributed by atoms with Gasteiger partial charge in [0.15, 0.2) is 17.5 Å². The minimum Gasteiger partial charge on any atom is -0.493 e. The molecule has 4 rings (SSSR count). The molecule has 0 bridgehead atoms. The van der Waals surface area contributed by atoms with Crippen molar-refractivity contribution in [3.8, 4) is 11.5 Å². The number of methoxy groups -OCH3 is 1. The molecule has 7 nitrogen and oxygen atoms in total. The molecule has 0 spiro atoms. The van der Waals surface area contributed by atoms with Crippen LogP contribution in [0.3, 0.4) is 0 Å². The van der Waals surface area contributed by atoms with E-state index in [9.17, 15) is 9.59 Å². The molecule has 1 aliphatic heterocycles. The van der Waals surface area contributed by atoms with E-state index in [2.05, 4.69) is 0 Å². The summed E-state index contributed by atoms with van der Waals surface area (Å²) in [5, 5.41) is 0. The Balaban J connectivity index is 1.58. The minimum absolute atomic E-state index is 0.0555. The molecule has 7 heteroatoms. The lowest BCUT2D eigenvalue weighted by Gasteiger charge is -2.27. The maximum Gasteiger partial charge on any atom is 0.333 e. The standard InChI is InChI=1S/C26H32N2O5/c1-3-32-26(30)25(17-8-11-20(27)12-9-17)28-16-19(15-24(28)29)18-10-13-22(31-2)23(14-18)33-21-6-4-5-7-21/h8-14,19,21,25H,3-7,15-16,27H2,1-2H3. The van der Waals surface area contributed by atoms with Crippen molar-refractivity contribution < 1.29 is 23.8 Å². The highest BCUT2D eigenvalue weighted by Gasteiger charge is 2.40. The molecule has 1 aliphatic carbocycles. The molecule has 2 aromatic rings. The normalized spacial score (nSPS) is 19.5. The fraction of sp³-hybridized carbons (Fsp3) is 0.462. The molecule has 0 radical (unpaired) electrons. The number of anilines is 1. The van der Waals surface area contributed by atoms with Gasteiger partial charge in [-0.2, -0.15) is 0 Å². The van der Waals surface area contributed by atoms with E-state index in [1.807, 2.05) is 18.2 Å². The Hall–Kier alpha value is -3.22. The van der Waals surface area contributed by atoms with Crippen LogP contribution >= 0.6 is 0 Å². The zero-order valence-electron chi connectivity index (χ0n) is 19.3. The number of hydrogen-bond acceptors (Lipinski definition) is 6. The van der Waals surface area contributed by atoms with E-state index in [1.165, 1.54) is 12.8 Å². The monoisotopic (exact) mass is 452 g/mol. The first-order valence-corrected chi connectivity index (χ1v) is 11.7. The molecule has 2 aromatic carbocycles. The van der Waals surface area contributed by atoms with Crippen LogP contribution in [0.2, 0.25) is 0 Å². The Kier molecular flexibility index (Phi) is 7.06. The van der Waals surface area contributed by atoms with Crippen molar-refractivity contribution in [1.29, 1.82) is 0 Å². The first-order chi connectivity index (χ1) is 16.0. The van der Waals surface area contributed by atoms with E-state index >= 15 is 0 Å². The van der Waals surface area contributed by atoms with Crippen LogP contribution < -0.4 is 15.2 Å². The van der Waals surface area contributed by atoms with Crippen LogP contribution in [0.4, 0.5) is 5.69 Å². The van der Waals surface area contributed by atoms with E-state index in [4.69, 9.17) is 19.9 Å². The second-order valence-electron chi connectivity index (χ2n) is 8.70. The van der Waals surface area contributed by atoms with Gasteiger partial charge in [-0.1, -0.05) is 18.2 Å². The van der Waals surface area contributed by atoms with Gasteiger partial charge >= 0.3 is 5.97 Å². The second-order valence-corrected chi connectivity index (χ2v) is 8.70. The van der Waals surface area contributed by atoms with Gasteiger partial charge in [0.1, 0.15) is 0 Å². The summed E-state index contributed by atoms with van der Waals surface area (Å²) in [7, 11) is 1.63. The summed E-state index contributed by atoms with van der Waals surface area (Å²) in [5.74, 6) is 0.839. The number of hydrogen-bond donors (Lipinski definition) is 1. The second kappa shape index (κ2) is 10.1. The molecular formula is C26H32N2O5. The predicted octanol–water partition coefficient (Wildman–Crippen LogP) is 4.22. The van der Waals surface area contributed by atoms with Gasteiger partial charge in [-0.3, -0.25) is 4.79 Å². The highest BCUT2D eigenvalue weighted by molar-refractivity contribution is 5.87. The van der Waals surface area contributed by atoms with Gasteiger partial charge in [-0.15, -0.1) is 0 Å². The number of nitrogen functional groups attached to an aromatic ring is 1. The van der Waals surface area contributed by atoms with Crippen molar-refractivity contribution in [3.63, 3.8) is 0 Å². The lowest BCUT2D eigenvalue weighted by atomic mass is 9.97. The highest BCUT2D eigenvalue weighted by atomic mass is 16.5. The number of amides is 1. The number of carbonyl (C=O) groups is 2.